The molecule has 148 valence electrons. The van der Waals surface area contributed by atoms with Crippen molar-refractivity contribution in [2.45, 2.75) is 31.9 Å². The van der Waals surface area contributed by atoms with E-state index in [1.54, 1.807) is 12.1 Å². The van der Waals surface area contributed by atoms with Crippen LogP contribution in [0.5, 0.6) is 11.5 Å². The third-order valence-corrected chi connectivity index (χ3v) is 5.71. The maximum atomic E-state index is 11.2. The number of hydrogen-bond acceptors (Lipinski definition) is 4. The number of carboxylic acids is 1. The Morgan fingerprint density at radius 2 is 2.17 bits per heavy atom. The van der Waals surface area contributed by atoms with Crippen LogP contribution in [0.1, 0.15) is 35.6 Å². The van der Waals surface area contributed by atoms with Crippen LogP contribution in [0.15, 0.2) is 36.4 Å². The molecule has 0 fully saturated rings. The molecular weight excluding hydrogens is 392 g/mol. The van der Waals surface area contributed by atoms with E-state index < -0.39 is 5.97 Å². The lowest BCUT2D eigenvalue weighted by atomic mass is 10.0. The number of fused-ring (bicyclic) bond motifs is 3. The van der Waals surface area contributed by atoms with Gasteiger partial charge < -0.3 is 19.1 Å². The molecule has 2 heterocycles. The monoisotopic (exact) mass is 410 g/mol. The summed E-state index contributed by atoms with van der Waals surface area (Å²) in [5, 5.41) is 19.8. The molecule has 1 aromatic heterocycles. The lowest BCUT2D eigenvalue weighted by Gasteiger charge is -2.09. The number of benzene rings is 2. The molecule has 0 aliphatic carbocycles. The minimum Gasteiger partial charge on any atom is -0.495 e. The lowest BCUT2D eigenvalue weighted by Crippen LogP contribution is -2.03. The molecule has 1 aliphatic heterocycles. The standard InChI is InChI=1S/C22H19ClN2O4/c1-28-19-5-2-13(8-15(19)11-24)12-29-16-3-4-18-17(10-16)21(23)22-14(9-20(26)27)6-7-25(18)22/h2-5,8,10,14H,6-7,9,12H2,1H3,(H,26,27). The summed E-state index contributed by atoms with van der Waals surface area (Å²) in [6.45, 7) is 1.07. The maximum Gasteiger partial charge on any atom is 0.304 e. The van der Waals surface area contributed by atoms with Gasteiger partial charge in [-0.15, -0.1) is 0 Å². The molecule has 0 radical (unpaired) electrons. The Labute approximate surface area is 172 Å². The van der Waals surface area contributed by atoms with Crippen LogP contribution >= 0.6 is 11.6 Å². The van der Waals surface area contributed by atoms with Gasteiger partial charge in [-0.2, -0.15) is 5.26 Å². The molecule has 0 spiro atoms. The van der Waals surface area contributed by atoms with Crippen LogP contribution in [-0.4, -0.2) is 22.8 Å². The average Bonchev–Trinajstić information content (AvgIpc) is 3.25. The van der Waals surface area contributed by atoms with E-state index in [1.807, 2.05) is 24.3 Å². The first-order chi connectivity index (χ1) is 14.0. The highest BCUT2D eigenvalue weighted by Crippen LogP contribution is 2.43. The van der Waals surface area contributed by atoms with Gasteiger partial charge in [-0.05, 0) is 42.3 Å². The molecule has 0 amide bonds. The molecular formula is C22H19ClN2O4. The largest absolute Gasteiger partial charge is 0.495 e. The minimum atomic E-state index is -0.815. The Hall–Kier alpha value is -3.17. The fourth-order valence-electron chi connectivity index (χ4n) is 3.97. The van der Waals surface area contributed by atoms with E-state index in [2.05, 4.69) is 10.6 Å². The summed E-state index contributed by atoms with van der Waals surface area (Å²) >= 11 is 6.62. The third kappa shape index (κ3) is 3.50. The predicted molar refractivity (Wildman–Crippen MR) is 109 cm³/mol. The number of halogens is 1. The van der Waals surface area contributed by atoms with E-state index >= 15 is 0 Å². The summed E-state index contributed by atoms with van der Waals surface area (Å²) in [5.41, 5.74) is 3.20. The molecule has 3 aromatic rings. The van der Waals surface area contributed by atoms with Gasteiger partial charge in [0.2, 0.25) is 0 Å². The van der Waals surface area contributed by atoms with Gasteiger partial charge >= 0.3 is 5.97 Å². The molecule has 4 rings (SSSR count). The van der Waals surface area contributed by atoms with Gasteiger partial charge in [0.25, 0.3) is 0 Å². The van der Waals surface area contributed by atoms with Gasteiger partial charge in [0.1, 0.15) is 24.2 Å². The number of carbonyl (C=O) groups is 1. The summed E-state index contributed by atoms with van der Waals surface area (Å²) < 4.78 is 13.2. The molecule has 0 saturated heterocycles. The molecule has 1 atom stereocenters. The first-order valence-corrected chi connectivity index (χ1v) is 9.63. The SMILES string of the molecule is COc1ccc(COc2ccc3c(c2)c(Cl)c2n3CCC2CC(=O)O)cc1C#N. The molecule has 1 aliphatic rings. The van der Waals surface area contributed by atoms with Crippen molar-refractivity contribution in [1.29, 1.82) is 5.26 Å². The second kappa shape index (κ2) is 7.69. The molecule has 0 bridgehead atoms. The number of rotatable bonds is 6. The number of carboxylic acid groups (broad SMARTS) is 1. The zero-order valence-corrected chi connectivity index (χ0v) is 16.6. The number of aromatic nitrogens is 1. The highest BCUT2D eigenvalue weighted by Gasteiger charge is 2.30. The molecule has 1 N–H and O–H groups in total. The summed E-state index contributed by atoms with van der Waals surface area (Å²) in [6.07, 6.45) is 0.867. The van der Waals surface area contributed by atoms with E-state index in [4.69, 9.17) is 26.2 Å². The van der Waals surface area contributed by atoms with Crippen molar-refractivity contribution in [2.24, 2.45) is 0 Å². The van der Waals surface area contributed by atoms with E-state index in [1.165, 1.54) is 7.11 Å². The van der Waals surface area contributed by atoms with Gasteiger partial charge in [0, 0.05) is 23.5 Å². The van der Waals surface area contributed by atoms with Gasteiger partial charge in [-0.25, -0.2) is 0 Å². The van der Waals surface area contributed by atoms with Crippen molar-refractivity contribution in [3.63, 3.8) is 0 Å². The van der Waals surface area contributed by atoms with E-state index in [0.29, 0.717) is 28.7 Å². The maximum absolute atomic E-state index is 11.2. The highest BCUT2D eigenvalue weighted by atomic mass is 35.5. The van der Waals surface area contributed by atoms with Gasteiger partial charge in [0.05, 0.1) is 29.6 Å². The van der Waals surface area contributed by atoms with Crippen LogP contribution in [0, 0.1) is 11.3 Å². The summed E-state index contributed by atoms with van der Waals surface area (Å²) in [5.74, 6) is 0.307. The van der Waals surface area contributed by atoms with E-state index in [9.17, 15) is 10.1 Å². The number of aryl methyl sites for hydroxylation is 1. The van der Waals surface area contributed by atoms with Crippen molar-refractivity contribution in [2.75, 3.05) is 7.11 Å². The Kier molecular flexibility index (Phi) is 5.08. The zero-order chi connectivity index (χ0) is 20.5. The van der Waals surface area contributed by atoms with Crippen LogP contribution < -0.4 is 9.47 Å². The fourth-order valence-corrected chi connectivity index (χ4v) is 4.38. The number of nitriles is 1. The number of hydrogen-bond donors (Lipinski definition) is 1. The van der Waals surface area contributed by atoms with E-state index in [-0.39, 0.29) is 12.3 Å². The summed E-state index contributed by atoms with van der Waals surface area (Å²) in [7, 11) is 1.53. The van der Waals surface area contributed by atoms with Crippen LogP contribution in [0.4, 0.5) is 0 Å². The Balaban J connectivity index is 1.58. The van der Waals surface area contributed by atoms with Gasteiger partial charge in [-0.1, -0.05) is 17.7 Å². The third-order valence-electron chi connectivity index (χ3n) is 5.31. The topological polar surface area (TPSA) is 84.5 Å². The lowest BCUT2D eigenvalue weighted by molar-refractivity contribution is -0.137. The molecule has 1 unspecified atom stereocenters. The second-order valence-electron chi connectivity index (χ2n) is 7.05. The molecule has 0 saturated carbocycles. The number of aliphatic carboxylic acids is 1. The van der Waals surface area contributed by atoms with Gasteiger partial charge in [-0.3, -0.25) is 4.79 Å². The number of methoxy groups -OCH3 is 1. The van der Waals surface area contributed by atoms with Crippen molar-refractivity contribution >= 4 is 28.5 Å². The number of nitrogens with zero attached hydrogens (tertiary/aromatic N) is 2. The van der Waals surface area contributed by atoms with Gasteiger partial charge in [0.15, 0.2) is 0 Å². The van der Waals surface area contributed by atoms with Crippen LogP contribution in [0.3, 0.4) is 0 Å². The summed E-state index contributed by atoms with van der Waals surface area (Å²) in [6, 6.07) is 13.2. The molecule has 2 aromatic carbocycles. The van der Waals surface area contributed by atoms with Crippen molar-refractivity contribution in [1.82, 2.24) is 4.57 Å². The molecule has 7 heteroatoms. The van der Waals surface area contributed by atoms with Crippen LogP contribution in [-0.2, 0) is 17.9 Å². The smallest absolute Gasteiger partial charge is 0.304 e. The van der Waals surface area contributed by atoms with E-state index in [0.717, 1.165) is 35.1 Å². The second-order valence-corrected chi connectivity index (χ2v) is 7.43. The minimum absolute atomic E-state index is 0.0690. The Morgan fingerprint density at radius 3 is 2.90 bits per heavy atom. The molecule has 6 nitrogen and oxygen atoms in total. The zero-order valence-electron chi connectivity index (χ0n) is 15.8. The van der Waals surface area contributed by atoms with Crippen molar-refractivity contribution < 1.29 is 19.4 Å². The van der Waals surface area contributed by atoms with Crippen molar-refractivity contribution in [3.05, 3.63) is 58.2 Å². The Morgan fingerprint density at radius 1 is 1.34 bits per heavy atom. The van der Waals surface area contributed by atoms with Crippen molar-refractivity contribution in [3.8, 4) is 17.6 Å². The quantitative estimate of drug-likeness (QED) is 0.635. The fraction of sp³-hybridized carbons (Fsp3) is 0.273. The Bertz CT molecular complexity index is 1150. The van der Waals surface area contributed by atoms with Crippen LogP contribution in [0.25, 0.3) is 10.9 Å². The average molecular weight is 411 g/mol. The predicted octanol–water partition coefficient (Wildman–Crippen LogP) is 4.72. The first kappa shape index (κ1) is 19.2. The normalized spacial score (nSPS) is 15.1. The molecule has 29 heavy (non-hydrogen) atoms. The number of ether oxygens (including phenoxy) is 2. The first-order valence-electron chi connectivity index (χ1n) is 9.25. The highest BCUT2D eigenvalue weighted by molar-refractivity contribution is 6.36. The van der Waals surface area contributed by atoms with Crippen LogP contribution in [0.2, 0.25) is 5.02 Å². The summed E-state index contributed by atoms with van der Waals surface area (Å²) in [4.78, 5) is 11.2.